The Kier molecular flexibility index (Phi) is 2.61. The van der Waals surface area contributed by atoms with Gasteiger partial charge in [-0.05, 0) is 13.3 Å². The zero-order chi connectivity index (χ0) is 10.8. The molecule has 14 heavy (non-hydrogen) atoms. The molecule has 1 aromatic rings. The molecular formula is C10H12N2O2. The summed E-state index contributed by atoms with van der Waals surface area (Å²) in [5.41, 5.74) is -0.485. The van der Waals surface area contributed by atoms with Crippen molar-refractivity contribution >= 4 is 5.97 Å². The molecule has 0 saturated carbocycles. The molecule has 0 bridgehead atoms. The minimum absolute atomic E-state index is 0.0138. The Morgan fingerprint density at radius 2 is 2.50 bits per heavy atom. The van der Waals surface area contributed by atoms with E-state index in [2.05, 4.69) is 10.9 Å². The van der Waals surface area contributed by atoms with Crippen LogP contribution in [0.2, 0.25) is 0 Å². The quantitative estimate of drug-likeness (QED) is 0.735. The SMILES string of the molecule is C#CC(C)(CC)n1cnc(C(=O)O)c1. The van der Waals surface area contributed by atoms with Crippen molar-refractivity contribution in [2.75, 3.05) is 0 Å². The van der Waals surface area contributed by atoms with Crippen LogP contribution in [0.4, 0.5) is 0 Å². The molecule has 0 spiro atoms. The van der Waals surface area contributed by atoms with Crippen molar-refractivity contribution in [3.8, 4) is 12.3 Å². The summed E-state index contributed by atoms with van der Waals surface area (Å²) < 4.78 is 1.65. The minimum Gasteiger partial charge on any atom is -0.476 e. The number of imidazole rings is 1. The van der Waals surface area contributed by atoms with E-state index in [9.17, 15) is 4.79 Å². The summed E-state index contributed by atoms with van der Waals surface area (Å²) in [5, 5.41) is 8.68. The third-order valence-electron chi connectivity index (χ3n) is 2.37. The maximum atomic E-state index is 10.6. The molecule has 0 aliphatic carbocycles. The van der Waals surface area contributed by atoms with E-state index in [1.807, 2.05) is 13.8 Å². The van der Waals surface area contributed by atoms with Crippen molar-refractivity contribution in [2.45, 2.75) is 25.8 Å². The number of terminal acetylenes is 1. The van der Waals surface area contributed by atoms with Crippen molar-refractivity contribution < 1.29 is 9.90 Å². The Labute approximate surface area is 82.6 Å². The van der Waals surface area contributed by atoms with Gasteiger partial charge in [0.1, 0.15) is 5.54 Å². The van der Waals surface area contributed by atoms with Crippen LogP contribution < -0.4 is 0 Å². The van der Waals surface area contributed by atoms with Crippen molar-refractivity contribution in [1.82, 2.24) is 9.55 Å². The zero-order valence-corrected chi connectivity index (χ0v) is 8.19. The Morgan fingerprint density at radius 1 is 1.86 bits per heavy atom. The number of aromatic nitrogens is 2. The first-order chi connectivity index (χ1) is 6.53. The average Bonchev–Trinajstić information content (AvgIpc) is 2.66. The molecule has 4 nitrogen and oxygen atoms in total. The second-order valence-corrected chi connectivity index (χ2v) is 3.24. The largest absolute Gasteiger partial charge is 0.476 e. The van der Waals surface area contributed by atoms with Gasteiger partial charge < -0.3 is 9.67 Å². The van der Waals surface area contributed by atoms with Gasteiger partial charge in [0.05, 0.1) is 6.33 Å². The summed E-state index contributed by atoms with van der Waals surface area (Å²) in [5.74, 6) is 1.58. The monoisotopic (exact) mass is 192 g/mol. The summed E-state index contributed by atoms with van der Waals surface area (Å²) in [6.07, 6.45) is 9.01. The first-order valence-corrected chi connectivity index (χ1v) is 4.29. The standard InChI is InChI=1S/C10H12N2O2/c1-4-10(3,5-2)12-6-8(9(13)14)11-7-12/h1,6-7H,5H2,2-3H3,(H,13,14). The van der Waals surface area contributed by atoms with Crippen LogP contribution in [0.25, 0.3) is 0 Å². The highest BCUT2D eigenvalue weighted by molar-refractivity contribution is 5.84. The van der Waals surface area contributed by atoms with Crippen LogP contribution in [0.5, 0.6) is 0 Å². The summed E-state index contributed by atoms with van der Waals surface area (Å²) in [4.78, 5) is 14.3. The van der Waals surface area contributed by atoms with Crippen LogP contribution in [0.1, 0.15) is 30.8 Å². The first kappa shape index (κ1) is 10.3. The van der Waals surface area contributed by atoms with E-state index in [0.29, 0.717) is 0 Å². The fourth-order valence-corrected chi connectivity index (χ4v) is 1.06. The van der Waals surface area contributed by atoms with Gasteiger partial charge in [-0.15, -0.1) is 6.42 Å². The molecule has 74 valence electrons. The van der Waals surface area contributed by atoms with E-state index < -0.39 is 11.5 Å². The van der Waals surface area contributed by atoms with Crippen LogP contribution in [0, 0.1) is 12.3 Å². The molecule has 0 fully saturated rings. The Bertz CT molecular complexity index is 389. The lowest BCUT2D eigenvalue weighted by Crippen LogP contribution is -2.25. The van der Waals surface area contributed by atoms with E-state index in [1.54, 1.807) is 4.57 Å². The Balaban J connectivity index is 3.09. The highest BCUT2D eigenvalue weighted by Crippen LogP contribution is 2.19. The molecule has 1 unspecified atom stereocenters. The van der Waals surface area contributed by atoms with Gasteiger partial charge in [-0.25, -0.2) is 9.78 Å². The van der Waals surface area contributed by atoms with E-state index in [4.69, 9.17) is 11.5 Å². The number of carboxylic acids is 1. The summed E-state index contributed by atoms with van der Waals surface area (Å²) in [6, 6.07) is 0. The fourth-order valence-electron chi connectivity index (χ4n) is 1.06. The lowest BCUT2D eigenvalue weighted by molar-refractivity contribution is 0.0691. The van der Waals surface area contributed by atoms with Crippen LogP contribution in [-0.2, 0) is 5.54 Å². The molecule has 1 rings (SSSR count). The highest BCUT2D eigenvalue weighted by atomic mass is 16.4. The molecule has 0 aliphatic rings. The zero-order valence-electron chi connectivity index (χ0n) is 8.19. The number of hydrogen-bond acceptors (Lipinski definition) is 2. The normalized spacial score (nSPS) is 14.4. The molecule has 4 heteroatoms. The van der Waals surface area contributed by atoms with Gasteiger partial charge in [0, 0.05) is 6.20 Å². The molecule has 1 N–H and O–H groups in total. The second-order valence-electron chi connectivity index (χ2n) is 3.24. The number of nitrogens with zero attached hydrogens (tertiary/aromatic N) is 2. The lowest BCUT2D eigenvalue weighted by atomic mass is 10.0. The van der Waals surface area contributed by atoms with Gasteiger partial charge in [-0.2, -0.15) is 0 Å². The summed E-state index contributed by atoms with van der Waals surface area (Å²) in [6.45, 7) is 3.81. The molecule has 0 aromatic carbocycles. The van der Waals surface area contributed by atoms with Gasteiger partial charge in [-0.1, -0.05) is 12.8 Å². The number of carboxylic acid groups (broad SMARTS) is 1. The average molecular weight is 192 g/mol. The Hall–Kier alpha value is -1.76. The number of carbonyl (C=O) groups is 1. The molecule has 1 heterocycles. The van der Waals surface area contributed by atoms with Gasteiger partial charge in [-0.3, -0.25) is 0 Å². The maximum Gasteiger partial charge on any atom is 0.356 e. The molecule has 0 radical (unpaired) electrons. The van der Waals surface area contributed by atoms with Gasteiger partial charge in [0.25, 0.3) is 0 Å². The topological polar surface area (TPSA) is 55.1 Å². The molecule has 1 aromatic heterocycles. The first-order valence-electron chi connectivity index (χ1n) is 4.29. The van der Waals surface area contributed by atoms with E-state index >= 15 is 0 Å². The van der Waals surface area contributed by atoms with Gasteiger partial charge in [0.2, 0.25) is 0 Å². The van der Waals surface area contributed by atoms with Crippen LogP contribution in [0.3, 0.4) is 0 Å². The van der Waals surface area contributed by atoms with Crippen molar-refractivity contribution in [2.24, 2.45) is 0 Å². The summed E-state index contributed by atoms with van der Waals surface area (Å²) >= 11 is 0. The molecule has 1 atom stereocenters. The van der Waals surface area contributed by atoms with Gasteiger partial charge >= 0.3 is 5.97 Å². The van der Waals surface area contributed by atoms with Crippen molar-refractivity contribution in [3.05, 3.63) is 18.2 Å². The second kappa shape index (κ2) is 3.54. The van der Waals surface area contributed by atoms with Crippen LogP contribution in [0.15, 0.2) is 12.5 Å². The van der Waals surface area contributed by atoms with Crippen LogP contribution in [-0.4, -0.2) is 20.6 Å². The van der Waals surface area contributed by atoms with E-state index in [-0.39, 0.29) is 5.69 Å². The predicted molar refractivity (Wildman–Crippen MR) is 52.0 cm³/mol. The number of aromatic carboxylic acids is 1. The molecular weight excluding hydrogens is 180 g/mol. The van der Waals surface area contributed by atoms with Gasteiger partial charge in [0.15, 0.2) is 5.69 Å². The van der Waals surface area contributed by atoms with Crippen molar-refractivity contribution in [3.63, 3.8) is 0 Å². The Morgan fingerprint density at radius 3 is 2.86 bits per heavy atom. The predicted octanol–water partition coefficient (Wildman–Crippen LogP) is 1.34. The minimum atomic E-state index is -1.04. The highest BCUT2D eigenvalue weighted by Gasteiger charge is 2.22. The maximum absolute atomic E-state index is 10.6. The lowest BCUT2D eigenvalue weighted by Gasteiger charge is -2.22. The van der Waals surface area contributed by atoms with E-state index in [0.717, 1.165) is 6.42 Å². The number of rotatable bonds is 3. The molecule has 0 saturated heterocycles. The summed E-state index contributed by atoms with van der Waals surface area (Å²) in [7, 11) is 0. The van der Waals surface area contributed by atoms with Crippen molar-refractivity contribution in [1.29, 1.82) is 0 Å². The smallest absolute Gasteiger partial charge is 0.356 e. The fraction of sp³-hybridized carbons (Fsp3) is 0.400. The van der Waals surface area contributed by atoms with Crippen LogP contribution >= 0.6 is 0 Å². The number of hydrogen-bond donors (Lipinski definition) is 1. The molecule has 0 amide bonds. The molecule has 0 aliphatic heterocycles. The third-order valence-corrected chi connectivity index (χ3v) is 2.37. The third kappa shape index (κ3) is 1.62. The van der Waals surface area contributed by atoms with E-state index in [1.165, 1.54) is 12.5 Å².